The molecule has 0 spiro atoms. The molecule has 1 aliphatic heterocycles. The lowest BCUT2D eigenvalue weighted by molar-refractivity contribution is 0.0713. The Morgan fingerprint density at radius 1 is 1.22 bits per heavy atom. The number of anilines is 2. The molecule has 0 saturated carbocycles. The zero-order valence-electron chi connectivity index (χ0n) is 15.5. The van der Waals surface area contributed by atoms with Crippen molar-refractivity contribution >= 4 is 22.4 Å². The van der Waals surface area contributed by atoms with Gasteiger partial charge in [0.15, 0.2) is 11.5 Å². The predicted molar refractivity (Wildman–Crippen MR) is 102 cm³/mol. The molecule has 1 aromatic heterocycles. The summed E-state index contributed by atoms with van der Waals surface area (Å²) in [7, 11) is 3.99. The van der Waals surface area contributed by atoms with Gasteiger partial charge in [-0.05, 0) is 38.7 Å². The molecule has 0 fully saturated rings. The van der Waals surface area contributed by atoms with E-state index >= 15 is 0 Å². The van der Waals surface area contributed by atoms with Gasteiger partial charge in [-0.25, -0.2) is 14.4 Å². The molecule has 1 aliphatic rings. The first-order valence-corrected chi connectivity index (χ1v) is 8.76. The van der Waals surface area contributed by atoms with Gasteiger partial charge in [0.2, 0.25) is 0 Å². The van der Waals surface area contributed by atoms with Crippen LogP contribution in [0, 0.1) is 12.7 Å². The van der Waals surface area contributed by atoms with Crippen LogP contribution in [0.4, 0.5) is 15.9 Å². The molecule has 0 saturated heterocycles. The molecule has 4 rings (SSSR count). The third kappa shape index (κ3) is 3.50. The number of ether oxygens (including phenoxy) is 2. The Bertz CT molecular complexity index is 993. The fourth-order valence-electron chi connectivity index (χ4n) is 3.13. The molecule has 1 unspecified atom stereocenters. The zero-order valence-corrected chi connectivity index (χ0v) is 15.5. The van der Waals surface area contributed by atoms with E-state index in [2.05, 4.69) is 20.2 Å². The van der Waals surface area contributed by atoms with Crippen LogP contribution in [0.3, 0.4) is 0 Å². The highest BCUT2D eigenvalue weighted by Gasteiger charge is 2.23. The summed E-state index contributed by atoms with van der Waals surface area (Å²) in [5, 5.41) is 3.81. The van der Waals surface area contributed by atoms with E-state index in [-0.39, 0.29) is 11.9 Å². The van der Waals surface area contributed by atoms with Crippen LogP contribution in [0.25, 0.3) is 10.9 Å². The molecule has 3 aromatic rings. The predicted octanol–water partition coefficient (Wildman–Crippen LogP) is 3.52. The average Bonchev–Trinajstić information content (AvgIpc) is 2.63. The minimum absolute atomic E-state index is 0.0363. The summed E-state index contributed by atoms with van der Waals surface area (Å²) < 4.78 is 26.3. The van der Waals surface area contributed by atoms with Crippen molar-refractivity contribution in [1.82, 2.24) is 14.9 Å². The number of hydrogen-bond acceptors (Lipinski definition) is 6. The molecule has 2 heterocycles. The van der Waals surface area contributed by atoms with Crippen molar-refractivity contribution in [2.75, 3.05) is 32.6 Å². The highest BCUT2D eigenvalue weighted by molar-refractivity contribution is 5.93. The van der Waals surface area contributed by atoms with Gasteiger partial charge in [0.25, 0.3) is 0 Å². The molecule has 27 heavy (non-hydrogen) atoms. The van der Waals surface area contributed by atoms with E-state index < -0.39 is 0 Å². The number of aromatic nitrogens is 2. The van der Waals surface area contributed by atoms with Gasteiger partial charge in [0.05, 0.1) is 11.2 Å². The third-order valence-electron chi connectivity index (χ3n) is 4.43. The van der Waals surface area contributed by atoms with Crippen molar-refractivity contribution in [1.29, 1.82) is 0 Å². The molecule has 6 nitrogen and oxygen atoms in total. The van der Waals surface area contributed by atoms with E-state index in [0.29, 0.717) is 40.7 Å². The standard InChI is InChI=1S/C20H21FN4O2/c1-12-5-4-6-15(19(12)21)24-20-14-7-17-18(8-16(14)22-11-23-20)27-13(10-26-17)9-25(2)3/h4-8,11,13H,9-10H2,1-3H3,(H,22,23,24). The van der Waals surface area contributed by atoms with E-state index in [1.165, 1.54) is 6.33 Å². The SMILES string of the molecule is Cc1cccc(Nc2ncnc3cc4c(cc23)OCC(CN(C)C)O4)c1F. The van der Waals surface area contributed by atoms with E-state index in [0.717, 1.165) is 11.9 Å². The van der Waals surface area contributed by atoms with Crippen LogP contribution in [0.2, 0.25) is 0 Å². The average molecular weight is 368 g/mol. The van der Waals surface area contributed by atoms with Gasteiger partial charge in [0, 0.05) is 18.0 Å². The van der Waals surface area contributed by atoms with Crippen molar-refractivity contribution in [3.63, 3.8) is 0 Å². The van der Waals surface area contributed by atoms with Gasteiger partial charge < -0.3 is 19.7 Å². The Morgan fingerprint density at radius 2 is 2.07 bits per heavy atom. The van der Waals surface area contributed by atoms with Gasteiger partial charge in [0.1, 0.15) is 30.7 Å². The van der Waals surface area contributed by atoms with Crippen LogP contribution in [0.1, 0.15) is 5.56 Å². The summed E-state index contributed by atoms with van der Waals surface area (Å²) in [5.74, 6) is 1.52. The number of benzene rings is 2. The summed E-state index contributed by atoms with van der Waals surface area (Å²) in [5.41, 5.74) is 1.64. The van der Waals surface area contributed by atoms with Crippen LogP contribution >= 0.6 is 0 Å². The molecule has 7 heteroatoms. The number of hydrogen-bond donors (Lipinski definition) is 1. The van der Waals surface area contributed by atoms with E-state index in [1.54, 1.807) is 25.1 Å². The maximum atomic E-state index is 14.4. The molecule has 1 atom stereocenters. The van der Waals surface area contributed by atoms with Gasteiger partial charge in [-0.1, -0.05) is 12.1 Å². The number of fused-ring (bicyclic) bond motifs is 2. The van der Waals surface area contributed by atoms with Crippen molar-refractivity contribution in [2.45, 2.75) is 13.0 Å². The van der Waals surface area contributed by atoms with E-state index in [4.69, 9.17) is 9.47 Å². The van der Waals surface area contributed by atoms with Crippen molar-refractivity contribution < 1.29 is 13.9 Å². The molecule has 0 bridgehead atoms. The fraction of sp³-hybridized carbons (Fsp3) is 0.300. The summed E-state index contributed by atoms with van der Waals surface area (Å²) in [6.07, 6.45) is 1.41. The monoisotopic (exact) mass is 368 g/mol. The first kappa shape index (κ1) is 17.5. The van der Waals surface area contributed by atoms with Crippen LogP contribution in [-0.2, 0) is 0 Å². The fourth-order valence-corrected chi connectivity index (χ4v) is 3.13. The summed E-state index contributed by atoms with van der Waals surface area (Å²) in [6, 6.07) is 8.89. The molecule has 0 aliphatic carbocycles. The number of halogens is 1. The first-order chi connectivity index (χ1) is 13.0. The number of nitrogens with one attached hydrogen (secondary N) is 1. The van der Waals surface area contributed by atoms with E-state index in [9.17, 15) is 4.39 Å². The maximum Gasteiger partial charge on any atom is 0.164 e. The van der Waals surface area contributed by atoms with Crippen molar-refractivity contribution in [3.8, 4) is 11.5 Å². The molecule has 0 amide bonds. The van der Waals surface area contributed by atoms with Crippen LogP contribution in [0.5, 0.6) is 11.5 Å². The lowest BCUT2D eigenvalue weighted by atomic mass is 10.1. The van der Waals surface area contributed by atoms with Gasteiger partial charge >= 0.3 is 0 Å². The van der Waals surface area contributed by atoms with Crippen molar-refractivity contribution in [2.24, 2.45) is 0 Å². The molecular formula is C20H21FN4O2. The number of aryl methyl sites for hydroxylation is 1. The second kappa shape index (κ2) is 7.00. The maximum absolute atomic E-state index is 14.4. The van der Waals surface area contributed by atoms with E-state index in [1.807, 2.05) is 26.2 Å². The summed E-state index contributed by atoms with van der Waals surface area (Å²) in [6.45, 7) is 2.96. The lowest BCUT2D eigenvalue weighted by Crippen LogP contribution is -2.37. The second-order valence-corrected chi connectivity index (χ2v) is 6.91. The minimum atomic E-state index is -0.298. The highest BCUT2D eigenvalue weighted by atomic mass is 19.1. The quantitative estimate of drug-likeness (QED) is 0.760. The van der Waals surface area contributed by atoms with Gasteiger partial charge in [-0.3, -0.25) is 0 Å². The van der Waals surface area contributed by atoms with Crippen LogP contribution in [0.15, 0.2) is 36.7 Å². The summed E-state index contributed by atoms with van der Waals surface area (Å²) >= 11 is 0. The number of nitrogens with zero attached hydrogens (tertiary/aromatic N) is 3. The third-order valence-corrected chi connectivity index (χ3v) is 4.43. The van der Waals surface area contributed by atoms with Crippen molar-refractivity contribution in [3.05, 3.63) is 48.0 Å². The molecule has 1 N–H and O–H groups in total. The first-order valence-electron chi connectivity index (χ1n) is 8.76. The molecule has 2 aromatic carbocycles. The highest BCUT2D eigenvalue weighted by Crippen LogP contribution is 2.37. The number of rotatable bonds is 4. The number of likely N-dealkylation sites (N-methyl/N-ethyl adjacent to an activating group) is 1. The molecular weight excluding hydrogens is 347 g/mol. The lowest BCUT2D eigenvalue weighted by Gasteiger charge is -2.28. The zero-order chi connectivity index (χ0) is 19.0. The molecule has 0 radical (unpaired) electrons. The topological polar surface area (TPSA) is 59.5 Å². The Kier molecular flexibility index (Phi) is 4.53. The Morgan fingerprint density at radius 3 is 2.89 bits per heavy atom. The minimum Gasteiger partial charge on any atom is -0.486 e. The smallest absolute Gasteiger partial charge is 0.164 e. The normalized spacial score (nSPS) is 16.0. The van der Waals surface area contributed by atoms with Crippen LogP contribution < -0.4 is 14.8 Å². The summed E-state index contributed by atoms with van der Waals surface area (Å²) in [4.78, 5) is 10.7. The molecule has 140 valence electrons. The Hall–Kier alpha value is -2.93. The Labute approximate surface area is 156 Å². The Balaban J connectivity index is 1.69. The van der Waals surface area contributed by atoms with Crippen LogP contribution in [-0.4, -0.2) is 48.2 Å². The van der Waals surface area contributed by atoms with Gasteiger partial charge in [-0.15, -0.1) is 0 Å². The largest absolute Gasteiger partial charge is 0.486 e. The van der Waals surface area contributed by atoms with Gasteiger partial charge in [-0.2, -0.15) is 0 Å². The second-order valence-electron chi connectivity index (χ2n) is 6.91.